The Morgan fingerprint density at radius 2 is 1.95 bits per heavy atom. The standard InChI is InChI=1S/C25H27ClF3N3O5S/c26-16-5-7-17(8-6-16)36-18-9-10-32(11-18)12-19(37-24(34)25(27,28)29)13-35-22-4-2-1-3-20(22)31-23(33)21-14-38-15-30-21/h1-8,18-19,21,30H,9-15H2,(H,31,33)/t18?,19?,21-/m0/s1. The molecule has 0 aromatic heterocycles. The number of nitrogens with zero attached hydrogens (tertiary/aromatic N) is 1. The van der Waals surface area contributed by atoms with Gasteiger partial charge in [0.05, 0.1) is 11.7 Å². The Morgan fingerprint density at radius 1 is 1.18 bits per heavy atom. The molecule has 2 aromatic carbocycles. The molecule has 0 aliphatic carbocycles. The summed E-state index contributed by atoms with van der Waals surface area (Å²) in [4.78, 5) is 26.0. The third kappa shape index (κ3) is 8.16. The summed E-state index contributed by atoms with van der Waals surface area (Å²) in [6, 6.07) is 13.1. The normalized spacial score (nSPS) is 20.6. The Hall–Kier alpha value is -2.67. The largest absolute Gasteiger partial charge is 0.490 e. The number of nitrogens with one attached hydrogen (secondary N) is 2. The lowest BCUT2D eigenvalue weighted by molar-refractivity contribution is -0.206. The van der Waals surface area contributed by atoms with Gasteiger partial charge in [0.25, 0.3) is 0 Å². The molecule has 1 amide bonds. The summed E-state index contributed by atoms with van der Waals surface area (Å²) in [5.41, 5.74) is 0.370. The van der Waals surface area contributed by atoms with Crippen molar-refractivity contribution in [2.24, 2.45) is 0 Å². The summed E-state index contributed by atoms with van der Waals surface area (Å²) in [6.07, 6.45) is -5.89. The van der Waals surface area contributed by atoms with Crippen LogP contribution in [0.15, 0.2) is 48.5 Å². The molecule has 2 N–H and O–H groups in total. The van der Waals surface area contributed by atoms with E-state index >= 15 is 0 Å². The van der Waals surface area contributed by atoms with Crippen LogP contribution in [0.1, 0.15) is 6.42 Å². The highest BCUT2D eigenvalue weighted by atomic mass is 35.5. The molecule has 4 rings (SSSR count). The number of carbonyl (C=O) groups excluding carboxylic acids is 2. The number of hydrogen-bond acceptors (Lipinski definition) is 8. The minimum Gasteiger partial charge on any atom is -0.489 e. The Bertz CT molecular complexity index is 1100. The number of anilines is 1. The molecule has 2 saturated heterocycles. The Labute approximate surface area is 227 Å². The molecule has 2 heterocycles. The van der Waals surface area contributed by atoms with E-state index in [4.69, 9.17) is 25.8 Å². The third-order valence-corrected chi connectivity index (χ3v) is 7.11. The molecule has 0 saturated carbocycles. The van der Waals surface area contributed by atoms with Crippen LogP contribution in [-0.2, 0) is 14.3 Å². The lowest BCUT2D eigenvalue weighted by Gasteiger charge is -2.25. The van der Waals surface area contributed by atoms with Crippen LogP contribution in [0.25, 0.3) is 0 Å². The van der Waals surface area contributed by atoms with Crippen LogP contribution in [0.4, 0.5) is 18.9 Å². The second kappa shape index (κ2) is 12.9. The van der Waals surface area contributed by atoms with Gasteiger partial charge in [-0.1, -0.05) is 23.7 Å². The average molecular weight is 574 g/mol. The van der Waals surface area contributed by atoms with E-state index in [0.717, 1.165) is 0 Å². The summed E-state index contributed by atoms with van der Waals surface area (Å²) >= 11 is 7.50. The van der Waals surface area contributed by atoms with Crippen LogP contribution in [0.2, 0.25) is 5.02 Å². The molecule has 2 aromatic rings. The van der Waals surface area contributed by atoms with Crippen molar-refractivity contribution in [3.63, 3.8) is 0 Å². The summed E-state index contributed by atoms with van der Waals surface area (Å²) in [6.45, 7) is 0.643. The van der Waals surface area contributed by atoms with Gasteiger partial charge in [-0.3, -0.25) is 15.0 Å². The van der Waals surface area contributed by atoms with Gasteiger partial charge in [0.15, 0.2) is 0 Å². The number of likely N-dealkylation sites (tertiary alicyclic amines) is 1. The first-order valence-corrected chi connectivity index (χ1v) is 13.5. The highest BCUT2D eigenvalue weighted by Crippen LogP contribution is 2.26. The molecule has 206 valence electrons. The van der Waals surface area contributed by atoms with Crippen LogP contribution in [0, 0.1) is 0 Å². The molecule has 2 aliphatic heterocycles. The average Bonchev–Trinajstić information content (AvgIpc) is 3.57. The molecule has 0 bridgehead atoms. The van der Waals surface area contributed by atoms with Crippen molar-refractivity contribution >= 4 is 40.9 Å². The summed E-state index contributed by atoms with van der Waals surface area (Å²) in [7, 11) is 0. The van der Waals surface area contributed by atoms with E-state index in [1.807, 2.05) is 4.90 Å². The maximum absolute atomic E-state index is 13.0. The number of amides is 1. The zero-order valence-electron chi connectivity index (χ0n) is 20.2. The molecular formula is C25H27ClF3N3O5S. The predicted molar refractivity (Wildman–Crippen MR) is 138 cm³/mol. The fourth-order valence-corrected chi connectivity index (χ4v) is 5.12. The molecule has 2 unspecified atom stereocenters. The molecule has 13 heteroatoms. The van der Waals surface area contributed by atoms with Crippen LogP contribution in [0.5, 0.6) is 11.5 Å². The van der Waals surface area contributed by atoms with E-state index in [2.05, 4.69) is 10.6 Å². The minimum atomic E-state index is -5.14. The fraction of sp³-hybridized carbons (Fsp3) is 0.440. The molecule has 0 spiro atoms. The van der Waals surface area contributed by atoms with E-state index in [1.165, 1.54) is 0 Å². The maximum Gasteiger partial charge on any atom is 0.490 e. The molecule has 2 fully saturated rings. The number of esters is 1. The van der Waals surface area contributed by atoms with E-state index in [1.54, 1.807) is 60.3 Å². The van der Waals surface area contributed by atoms with Crippen molar-refractivity contribution < 1.29 is 37.0 Å². The highest BCUT2D eigenvalue weighted by molar-refractivity contribution is 7.99. The zero-order valence-corrected chi connectivity index (χ0v) is 21.8. The van der Waals surface area contributed by atoms with Gasteiger partial charge < -0.3 is 19.5 Å². The number of hydrogen-bond donors (Lipinski definition) is 2. The first-order valence-electron chi connectivity index (χ1n) is 11.9. The van der Waals surface area contributed by atoms with E-state index < -0.39 is 18.2 Å². The van der Waals surface area contributed by atoms with Crippen molar-refractivity contribution in [3.05, 3.63) is 53.6 Å². The Balaban J connectivity index is 1.37. The maximum atomic E-state index is 13.0. The molecule has 0 radical (unpaired) electrons. The monoisotopic (exact) mass is 573 g/mol. The van der Waals surface area contributed by atoms with Crippen molar-refractivity contribution in [1.29, 1.82) is 0 Å². The predicted octanol–water partition coefficient (Wildman–Crippen LogP) is 3.95. The first-order chi connectivity index (χ1) is 18.2. The van der Waals surface area contributed by atoms with Gasteiger partial charge in [-0.2, -0.15) is 13.2 Å². The second-order valence-electron chi connectivity index (χ2n) is 8.84. The van der Waals surface area contributed by atoms with Gasteiger partial charge in [-0.25, -0.2) is 4.79 Å². The number of benzene rings is 2. The third-order valence-electron chi connectivity index (χ3n) is 5.91. The van der Waals surface area contributed by atoms with Crippen molar-refractivity contribution in [3.8, 4) is 11.5 Å². The second-order valence-corrected chi connectivity index (χ2v) is 10.3. The van der Waals surface area contributed by atoms with E-state index in [9.17, 15) is 22.8 Å². The zero-order chi connectivity index (χ0) is 27.1. The lowest BCUT2D eigenvalue weighted by atomic mass is 10.2. The highest BCUT2D eigenvalue weighted by Gasteiger charge is 2.43. The van der Waals surface area contributed by atoms with E-state index in [0.29, 0.717) is 47.6 Å². The smallest absolute Gasteiger partial charge is 0.489 e. The molecule has 38 heavy (non-hydrogen) atoms. The molecular weight excluding hydrogens is 547 g/mol. The summed E-state index contributed by atoms with van der Waals surface area (Å²) in [5, 5.41) is 6.43. The van der Waals surface area contributed by atoms with Gasteiger partial charge in [0, 0.05) is 36.3 Å². The van der Waals surface area contributed by atoms with Crippen LogP contribution in [-0.4, -0.2) is 79.1 Å². The summed E-state index contributed by atoms with van der Waals surface area (Å²) in [5.74, 6) is -0.340. The topological polar surface area (TPSA) is 89.1 Å². The number of ether oxygens (including phenoxy) is 3. The Morgan fingerprint density at radius 3 is 2.66 bits per heavy atom. The first kappa shape index (κ1) is 28.3. The van der Waals surface area contributed by atoms with Crippen molar-refractivity contribution in [1.82, 2.24) is 10.2 Å². The summed E-state index contributed by atoms with van der Waals surface area (Å²) < 4.78 is 55.4. The number of halogens is 4. The van der Waals surface area contributed by atoms with Crippen LogP contribution < -0.4 is 20.1 Å². The fourth-order valence-electron chi connectivity index (χ4n) is 4.06. The van der Waals surface area contributed by atoms with Gasteiger partial charge in [-0.05, 0) is 42.8 Å². The SMILES string of the molecule is O=C(Nc1ccccc1OCC(CN1CCC(Oc2ccc(Cl)cc2)C1)OC(=O)C(F)(F)F)[C@@H]1CSCN1. The van der Waals surface area contributed by atoms with Crippen LogP contribution >= 0.6 is 23.4 Å². The van der Waals surface area contributed by atoms with E-state index in [-0.39, 0.29) is 37.0 Å². The Kier molecular flexibility index (Phi) is 9.64. The number of alkyl halides is 3. The van der Waals surface area contributed by atoms with Gasteiger partial charge >= 0.3 is 12.1 Å². The van der Waals surface area contributed by atoms with Gasteiger partial charge in [0.1, 0.15) is 30.3 Å². The quantitative estimate of drug-likeness (QED) is 0.413. The number of carbonyl (C=O) groups is 2. The van der Waals surface area contributed by atoms with Gasteiger partial charge in [-0.15, -0.1) is 11.8 Å². The molecule has 8 nitrogen and oxygen atoms in total. The van der Waals surface area contributed by atoms with Crippen LogP contribution in [0.3, 0.4) is 0 Å². The number of rotatable bonds is 10. The lowest BCUT2D eigenvalue weighted by Crippen LogP contribution is -2.41. The van der Waals surface area contributed by atoms with Gasteiger partial charge in [0.2, 0.25) is 5.91 Å². The minimum absolute atomic E-state index is 0.0139. The molecule has 2 aliphatic rings. The van der Waals surface area contributed by atoms with Crippen molar-refractivity contribution in [2.45, 2.75) is 30.8 Å². The molecule has 3 atom stereocenters. The number of para-hydroxylation sites is 2. The van der Waals surface area contributed by atoms with Crippen molar-refractivity contribution in [2.75, 3.05) is 43.2 Å². The number of thioether (sulfide) groups is 1.